The van der Waals surface area contributed by atoms with Crippen molar-refractivity contribution in [1.82, 2.24) is 59.1 Å². The van der Waals surface area contributed by atoms with Crippen LogP contribution in [0.5, 0.6) is 34.9 Å². The van der Waals surface area contributed by atoms with Crippen molar-refractivity contribution >= 4 is 131 Å². The van der Waals surface area contributed by atoms with Gasteiger partial charge in [-0.05, 0) is 200 Å². The average Bonchev–Trinajstić information content (AvgIpc) is 1.66. The Hall–Kier alpha value is -13.6. The number of benzene rings is 6. The largest absolute Gasteiger partial charge is 0.438 e. The Labute approximate surface area is 702 Å². The highest BCUT2D eigenvalue weighted by Crippen LogP contribution is 2.43. The Morgan fingerprint density at radius 3 is 1.20 bits per heavy atom. The SMILES string of the molecule is C=CC(=O)Nc1cccc(Oc2nc(Nc3ccc(N4CCN(C)CC4)c(F)c3)nc3[nH]cc(N4CCCCC4)c23)c1.C=CC(=O)Nc1cccc(Oc2nc(Nc3ccc(N4CCN(C)CC4)cc3)nc3[nH]cc(N4CCCCC4)c23)c1.C=CC(=O)Nc1cccc(Oc2nc(Nc3ccc(N4CCN(C)CC4)cc3)nc3c2ccn3C2CC2)c1. The number of carbonyl (C=O) groups is 3. The van der Waals surface area contributed by atoms with E-state index in [1.807, 2.05) is 48.8 Å². The summed E-state index contributed by atoms with van der Waals surface area (Å²) in [7, 11) is 6.40. The van der Waals surface area contributed by atoms with Crippen LogP contribution in [-0.4, -0.2) is 203 Å². The third-order valence-electron chi connectivity index (χ3n) is 22.4. The Bertz CT molecular complexity index is 5680. The Morgan fingerprint density at radius 1 is 0.405 bits per heavy atom. The van der Waals surface area contributed by atoms with Gasteiger partial charge in [0.25, 0.3) is 0 Å². The minimum absolute atomic E-state index is 0.271. The topological polar surface area (TPSA) is 291 Å². The first-order valence-electron chi connectivity index (χ1n) is 41.5. The molecule has 0 radical (unpaired) electrons. The van der Waals surface area contributed by atoms with Gasteiger partial charge in [0.05, 0.1) is 22.4 Å². The molecule has 0 atom stereocenters. The summed E-state index contributed by atoms with van der Waals surface area (Å²) >= 11 is 0. The highest BCUT2D eigenvalue weighted by Gasteiger charge is 2.29. The predicted molar refractivity (Wildman–Crippen MR) is 480 cm³/mol. The number of halogens is 1. The third-order valence-corrected chi connectivity index (χ3v) is 22.4. The van der Waals surface area contributed by atoms with E-state index in [0.717, 1.165) is 188 Å². The van der Waals surface area contributed by atoms with E-state index < -0.39 is 0 Å². The molecule has 6 fully saturated rings. The molecule has 6 aromatic heterocycles. The van der Waals surface area contributed by atoms with E-state index in [9.17, 15) is 14.4 Å². The number of H-pyrrole nitrogens is 2. The molecule has 29 nitrogen and oxygen atoms in total. The first kappa shape index (κ1) is 81.2. The van der Waals surface area contributed by atoms with Crippen molar-refractivity contribution in [2.45, 2.75) is 57.4 Å². The number of piperazine rings is 3. The van der Waals surface area contributed by atoms with E-state index in [1.54, 1.807) is 54.6 Å². The summed E-state index contributed by atoms with van der Waals surface area (Å²) in [6.45, 7) is 26.1. The van der Waals surface area contributed by atoms with Crippen molar-refractivity contribution in [2.75, 3.05) is 182 Å². The van der Waals surface area contributed by atoms with Crippen LogP contribution in [0.3, 0.4) is 0 Å². The van der Waals surface area contributed by atoms with Crippen LogP contribution in [0.2, 0.25) is 0 Å². The molecular weight excluding hydrogens is 1530 g/mol. The molecule has 12 aromatic rings. The van der Waals surface area contributed by atoms with Crippen molar-refractivity contribution in [3.05, 3.63) is 208 Å². The Kier molecular flexibility index (Phi) is 25.2. The lowest BCUT2D eigenvalue weighted by molar-refractivity contribution is -0.112. The second-order valence-corrected chi connectivity index (χ2v) is 31.1. The standard InChI is InChI=1S/C31H35FN8O2.C31H36N8O2.C29H31N7O2/c1-3-27(41)34-21-8-7-9-23(18-21)42-30-28-26(39-12-5-4-6-13-39)20-33-29(28)36-31(37-30)35-22-10-11-25(24(32)19-22)40-16-14-38(2)15-17-40;1-3-27(40)33-23-8-7-9-25(20-23)41-30-28-26(39-14-5-4-6-15-39)21-32-29(28)35-31(36-30)34-22-10-12-24(13-11-22)38-18-16-37(2)17-19-38;1-3-26(37)30-21-5-4-6-24(19-21)38-28-25-13-14-36(23-11-12-23)27(25)32-29(33-28)31-20-7-9-22(10-8-20)35-17-15-34(2)16-18-35/h3,7-11,18-20H,1,4-6,12-17H2,2H3,(H,34,41)(H2,33,35,36,37);3,7-13,20-21H,1,4-6,14-19H2,2H3,(H,33,40)(H2,32,34,35,36);3-10,13-14,19,23H,1,11-12,15-18H2,2H3,(H,30,37)(H,31,32,33). The number of likely N-dealkylation sites (N-methyl/N-ethyl adjacent to an activating group) is 3. The lowest BCUT2D eigenvalue weighted by atomic mass is 10.1. The molecule has 1 aliphatic carbocycles. The van der Waals surface area contributed by atoms with Gasteiger partial charge in [-0.2, -0.15) is 29.9 Å². The summed E-state index contributed by atoms with van der Waals surface area (Å²) in [4.78, 5) is 89.3. The van der Waals surface area contributed by atoms with Crippen molar-refractivity contribution in [2.24, 2.45) is 0 Å². The van der Waals surface area contributed by atoms with Crippen LogP contribution in [0.25, 0.3) is 33.1 Å². The summed E-state index contributed by atoms with van der Waals surface area (Å²) in [5.74, 6) is 2.87. The zero-order chi connectivity index (χ0) is 83.3. The number of rotatable bonds is 24. The second-order valence-electron chi connectivity index (χ2n) is 31.1. The number of aromatic nitrogens is 9. The maximum absolute atomic E-state index is 15.2. The molecule has 1 saturated carbocycles. The zero-order valence-corrected chi connectivity index (χ0v) is 68.5. The van der Waals surface area contributed by atoms with E-state index in [4.69, 9.17) is 44.1 Å². The summed E-state index contributed by atoms with van der Waals surface area (Å²) in [6.07, 6.45) is 18.9. The molecule has 121 heavy (non-hydrogen) atoms. The number of nitrogens with zero attached hydrogens (tertiary/aromatic N) is 15. The van der Waals surface area contributed by atoms with E-state index in [1.165, 1.54) is 48.5 Å². The predicted octanol–water partition coefficient (Wildman–Crippen LogP) is 16.0. The van der Waals surface area contributed by atoms with Gasteiger partial charge in [-0.15, -0.1) is 0 Å². The number of hydrogen-bond donors (Lipinski definition) is 8. The fourth-order valence-corrected chi connectivity index (χ4v) is 15.5. The van der Waals surface area contributed by atoms with Crippen molar-refractivity contribution < 1.29 is 33.0 Å². The average molecular weight is 1630 g/mol. The number of hydrogen-bond acceptors (Lipinski definition) is 23. The molecule has 3 amide bonds. The molecule has 30 heteroatoms. The number of ether oxygens (including phenoxy) is 3. The summed E-state index contributed by atoms with van der Waals surface area (Å²) < 4.78 is 36.4. The number of carbonyl (C=O) groups excluding carboxylic acids is 3. The van der Waals surface area contributed by atoms with Gasteiger partial charge in [-0.1, -0.05) is 37.9 Å². The van der Waals surface area contributed by atoms with Crippen molar-refractivity contribution in [3.63, 3.8) is 0 Å². The van der Waals surface area contributed by atoms with Crippen LogP contribution in [0.15, 0.2) is 202 Å². The first-order valence-corrected chi connectivity index (χ1v) is 41.5. The molecular formula is C91H102FN23O6. The summed E-state index contributed by atoms with van der Waals surface area (Å²) in [6, 6.07) is 45.9. The highest BCUT2D eigenvalue weighted by molar-refractivity contribution is 6.01. The summed E-state index contributed by atoms with van der Waals surface area (Å²) in [5.41, 5.74) is 11.3. The van der Waals surface area contributed by atoms with E-state index in [2.05, 4.69) is 181 Å². The maximum Gasteiger partial charge on any atom is 0.247 e. The number of fused-ring (bicyclic) bond motifs is 3. The fraction of sp³-hybridized carbons (Fsp3) is 0.308. The number of piperidine rings is 2. The normalized spacial score (nSPS) is 16.0. The minimum atomic E-state index is -0.313. The minimum Gasteiger partial charge on any atom is -0.438 e. The van der Waals surface area contributed by atoms with Gasteiger partial charge in [0.1, 0.15) is 50.8 Å². The molecule has 6 aromatic carbocycles. The lowest BCUT2D eigenvalue weighted by Crippen LogP contribution is -2.44. The quantitative estimate of drug-likeness (QED) is 0.0261. The maximum atomic E-state index is 15.2. The second kappa shape index (κ2) is 37.6. The number of nitrogens with one attached hydrogen (secondary N) is 8. The van der Waals surface area contributed by atoms with Crippen molar-refractivity contribution in [1.29, 1.82) is 0 Å². The zero-order valence-electron chi connectivity index (χ0n) is 68.5. The molecule has 5 saturated heterocycles. The fourth-order valence-electron chi connectivity index (χ4n) is 15.5. The highest BCUT2D eigenvalue weighted by atomic mass is 19.1. The van der Waals surface area contributed by atoms with Gasteiger partial charge >= 0.3 is 0 Å². The van der Waals surface area contributed by atoms with Crippen LogP contribution in [0.4, 0.5) is 84.8 Å². The number of aromatic amines is 2. The summed E-state index contributed by atoms with van der Waals surface area (Å²) in [5, 5.41) is 20.6. The molecule has 624 valence electrons. The smallest absolute Gasteiger partial charge is 0.247 e. The molecule has 6 aliphatic rings. The molecule has 11 heterocycles. The lowest BCUT2D eigenvalue weighted by Gasteiger charge is -2.34. The third kappa shape index (κ3) is 20.2. The van der Waals surface area contributed by atoms with Gasteiger partial charge in [-0.3, -0.25) is 14.4 Å². The van der Waals surface area contributed by atoms with Crippen LogP contribution in [-0.2, 0) is 14.4 Å². The van der Waals surface area contributed by atoms with E-state index in [-0.39, 0.29) is 29.5 Å². The van der Waals surface area contributed by atoms with E-state index in [0.29, 0.717) is 92.6 Å². The molecule has 0 bridgehead atoms. The Balaban J connectivity index is 0.000000135. The van der Waals surface area contributed by atoms with E-state index >= 15 is 4.39 Å². The van der Waals surface area contributed by atoms with Crippen LogP contribution >= 0.6 is 0 Å². The molecule has 8 N–H and O–H groups in total. The Morgan fingerprint density at radius 2 is 0.785 bits per heavy atom. The van der Waals surface area contributed by atoms with Crippen LogP contribution in [0, 0.1) is 5.82 Å². The van der Waals surface area contributed by atoms with Gasteiger partial charge in [0, 0.05) is 193 Å². The van der Waals surface area contributed by atoms with Gasteiger partial charge in [-0.25, -0.2) is 4.39 Å². The molecule has 0 spiro atoms. The van der Waals surface area contributed by atoms with Gasteiger partial charge in [0.15, 0.2) is 0 Å². The number of amides is 3. The molecule has 5 aliphatic heterocycles. The van der Waals surface area contributed by atoms with Gasteiger partial charge < -0.3 is 99.8 Å². The van der Waals surface area contributed by atoms with Gasteiger partial charge in [0.2, 0.25) is 53.2 Å². The number of anilines is 14. The monoisotopic (exact) mass is 1630 g/mol. The van der Waals surface area contributed by atoms with Crippen molar-refractivity contribution in [3.8, 4) is 34.9 Å². The first-order chi connectivity index (χ1) is 59.1. The molecule has 0 unspecified atom stereocenters. The van der Waals surface area contributed by atoms with Crippen LogP contribution < -0.4 is 70.6 Å². The molecule has 18 rings (SSSR count). The van der Waals surface area contributed by atoms with Crippen LogP contribution in [0.1, 0.15) is 57.4 Å².